The fourth-order valence-corrected chi connectivity index (χ4v) is 3.00. The zero-order valence-electron chi connectivity index (χ0n) is 15.1. The van der Waals surface area contributed by atoms with Gasteiger partial charge in [0.15, 0.2) is 0 Å². The molecule has 1 aromatic carbocycles. The van der Waals surface area contributed by atoms with Crippen LogP contribution < -0.4 is 9.80 Å². The van der Waals surface area contributed by atoms with Crippen LogP contribution >= 0.6 is 0 Å². The molecule has 132 valence electrons. The van der Waals surface area contributed by atoms with Crippen molar-refractivity contribution in [3.8, 4) is 0 Å². The molecule has 25 heavy (non-hydrogen) atoms. The normalized spacial score (nSPS) is 15.2. The van der Waals surface area contributed by atoms with Crippen molar-refractivity contribution >= 4 is 17.5 Å². The Kier molecular flexibility index (Phi) is 5.28. The molecule has 1 fully saturated rings. The van der Waals surface area contributed by atoms with Gasteiger partial charge in [0, 0.05) is 44.6 Å². The molecule has 1 aliphatic rings. The summed E-state index contributed by atoms with van der Waals surface area (Å²) in [4.78, 5) is 28.1. The summed E-state index contributed by atoms with van der Waals surface area (Å²) in [6, 6.07) is 9.66. The van der Waals surface area contributed by atoms with Gasteiger partial charge in [0.2, 0.25) is 5.95 Å². The first-order valence-corrected chi connectivity index (χ1v) is 8.73. The second kappa shape index (κ2) is 7.61. The van der Waals surface area contributed by atoms with Crippen LogP contribution in [0.2, 0.25) is 0 Å². The summed E-state index contributed by atoms with van der Waals surface area (Å²) in [7, 11) is 2.11. The van der Waals surface area contributed by atoms with Gasteiger partial charge in [-0.1, -0.05) is 12.1 Å². The Morgan fingerprint density at radius 2 is 1.96 bits per heavy atom. The number of rotatable bonds is 4. The smallest absolute Gasteiger partial charge is 0.277 e. The molecular weight excluding hydrogens is 314 g/mol. The van der Waals surface area contributed by atoms with Crippen LogP contribution in [0.15, 0.2) is 36.5 Å². The van der Waals surface area contributed by atoms with E-state index in [0.717, 1.165) is 37.4 Å². The van der Waals surface area contributed by atoms with E-state index in [1.165, 1.54) is 0 Å². The van der Waals surface area contributed by atoms with E-state index in [1.807, 2.05) is 38.1 Å². The Bertz CT molecular complexity index is 740. The van der Waals surface area contributed by atoms with Crippen LogP contribution in [0.4, 0.5) is 11.6 Å². The summed E-state index contributed by atoms with van der Waals surface area (Å²) in [5.41, 5.74) is 2.46. The number of amides is 1. The van der Waals surface area contributed by atoms with Gasteiger partial charge in [0.1, 0.15) is 5.69 Å². The predicted octanol–water partition coefficient (Wildman–Crippen LogP) is 2.20. The number of hydrogen-bond donors (Lipinski definition) is 0. The molecule has 0 radical (unpaired) electrons. The van der Waals surface area contributed by atoms with Crippen molar-refractivity contribution in [2.45, 2.75) is 13.8 Å². The largest absolute Gasteiger partial charge is 0.338 e. The molecule has 0 bridgehead atoms. The van der Waals surface area contributed by atoms with Crippen LogP contribution in [-0.4, -0.2) is 60.5 Å². The summed E-state index contributed by atoms with van der Waals surface area (Å²) in [5, 5.41) is 0. The number of carbonyl (C=O) groups is 1. The number of anilines is 2. The fourth-order valence-electron chi connectivity index (χ4n) is 3.00. The van der Waals surface area contributed by atoms with Gasteiger partial charge in [-0.15, -0.1) is 0 Å². The minimum atomic E-state index is -0.0918. The second-order valence-corrected chi connectivity index (χ2v) is 6.42. The number of nitrogens with zero attached hydrogens (tertiary/aromatic N) is 5. The highest BCUT2D eigenvalue weighted by molar-refractivity contribution is 6.04. The molecule has 2 aromatic rings. The zero-order chi connectivity index (χ0) is 17.8. The van der Waals surface area contributed by atoms with Gasteiger partial charge >= 0.3 is 0 Å². The Morgan fingerprint density at radius 3 is 2.64 bits per heavy atom. The lowest BCUT2D eigenvalue weighted by Crippen LogP contribution is -2.45. The summed E-state index contributed by atoms with van der Waals surface area (Å²) < 4.78 is 0. The molecule has 2 heterocycles. The Morgan fingerprint density at radius 1 is 1.20 bits per heavy atom. The van der Waals surface area contributed by atoms with Crippen LogP contribution in [0.1, 0.15) is 23.0 Å². The number of likely N-dealkylation sites (N-methyl/N-ethyl adjacent to an activating group) is 1. The molecule has 0 spiro atoms. The highest BCUT2D eigenvalue weighted by Gasteiger charge is 2.21. The number of aromatic nitrogens is 2. The SMILES string of the molecule is CCN(C(=O)c1ccnc(N2CCN(C)CC2)n1)c1cccc(C)c1. The van der Waals surface area contributed by atoms with Crippen LogP contribution in [0.25, 0.3) is 0 Å². The highest BCUT2D eigenvalue weighted by Crippen LogP contribution is 2.19. The first kappa shape index (κ1) is 17.4. The molecule has 0 atom stereocenters. The van der Waals surface area contributed by atoms with Gasteiger partial charge in [-0.3, -0.25) is 4.79 Å². The third kappa shape index (κ3) is 3.96. The van der Waals surface area contributed by atoms with Gasteiger partial charge in [-0.25, -0.2) is 9.97 Å². The lowest BCUT2D eigenvalue weighted by atomic mass is 10.2. The molecule has 0 aliphatic carbocycles. The summed E-state index contributed by atoms with van der Waals surface area (Å²) in [6.45, 7) is 8.31. The molecule has 6 heteroatoms. The summed E-state index contributed by atoms with van der Waals surface area (Å²) in [6.07, 6.45) is 1.68. The topological polar surface area (TPSA) is 52.6 Å². The fraction of sp³-hybridized carbons (Fsp3) is 0.421. The average Bonchev–Trinajstić information content (AvgIpc) is 2.63. The molecule has 1 aliphatic heterocycles. The predicted molar refractivity (Wildman–Crippen MR) is 100 cm³/mol. The second-order valence-electron chi connectivity index (χ2n) is 6.42. The minimum absolute atomic E-state index is 0.0918. The molecule has 1 saturated heterocycles. The lowest BCUT2D eigenvalue weighted by Gasteiger charge is -2.32. The number of benzene rings is 1. The molecule has 3 rings (SSSR count). The molecular formula is C19H25N5O. The lowest BCUT2D eigenvalue weighted by molar-refractivity contribution is 0.0983. The number of aryl methyl sites for hydroxylation is 1. The maximum Gasteiger partial charge on any atom is 0.277 e. The number of carbonyl (C=O) groups excluding carboxylic acids is 1. The van der Waals surface area contributed by atoms with Crippen LogP contribution in [-0.2, 0) is 0 Å². The van der Waals surface area contributed by atoms with E-state index >= 15 is 0 Å². The zero-order valence-corrected chi connectivity index (χ0v) is 15.1. The van der Waals surface area contributed by atoms with Crippen molar-refractivity contribution in [3.63, 3.8) is 0 Å². The Labute approximate surface area is 149 Å². The highest BCUT2D eigenvalue weighted by atomic mass is 16.2. The quantitative estimate of drug-likeness (QED) is 0.855. The first-order chi connectivity index (χ1) is 12.1. The molecule has 0 unspecified atom stereocenters. The van der Waals surface area contributed by atoms with Crippen LogP contribution in [0.3, 0.4) is 0 Å². The van der Waals surface area contributed by atoms with Crippen molar-refractivity contribution in [1.82, 2.24) is 14.9 Å². The van der Waals surface area contributed by atoms with Crippen molar-refractivity contribution in [2.24, 2.45) is 0 Å². The summed E-state index contributed by atoms with van der Waals surface area (Å²) in [5.74, 6) is 0.546. The Hall–Kier alpha value is -2.47. The van der Waals surface area contributed by atoms with Crippen LogP contribution in [0, 0.1) is 6.92 Å². The summed E-state index contributed by atoms with van der Waals surface area (Å²) >= 11 is 0. The van der Waals surface area contributed by atoms with E-state index < -0.39 is 0 Å². The molecule has 1 amide bonds. The van der Waals surface area contributed by atoms with Gasteiger partial charge < -0.3 is 14.7 Å². The van der Waals surface area contributed by atoms with Gasteiger partial charge in [-0.2, -0.15) is 0 Å². The Balaban J connectivity index is 1.83. The van der Waals surface area contributed by atoms with Crippen molar-refractivity contribution in [1.29, 1.82) is 0 Å². The van der Waals surface area contributed by atoms with E-state index in [9.17, 15) is 4.79 Å². The first-order valence-electron chi connectivity index (χ1n) is 8.73. The van der Waals surface area contributed by atoms with Gasteiger partial charge in [0.05, 0.1) is 0 Å². The van der Waals surface area contributed by atoms with Crippen molar-refractivity contribution in [3.05, 3.63) is 47.8 Å². The molecule has 1 aromatic heterocycles. The third-order valence-corrected chi connectivity index (χ3v) is 4.52. The molecule has 0 saturated carbocycles. The standard InChI is InChI=1S/C19H25N5O/c1-4-24(16-7-5-6-15(2)14-16)18(25)17-8-9-20-19(21-17)23-12-10-22(3)11-13-23/h5-9,14H,4,10-13H2,1-3H3. The van der Waals surface area contributed by atoms with Gasteiger partial charge in [-0.05, 0) is 44.7 Å². The van der Waals surface area contributed by atoms with Gasteiger partial charge in [0.25, 0.3) is 5.91 Å². The molecule has 0 N–H and O–H groups in total. The van der Waals surface area contributed by atoms with E-state index in [1.54, 1.807) is 17.2 Å². The monoisotopic (exact) mass is 339 g/mol. The minimum Gasteiger partial charge on any atom is -0.338 e. The van der Waals surface area contributed by atoms with Crippen molar-refractivity contribution in [2.75, 3.05) is 49.6 Å². The maximum atomic E-state index is 13.0. The number of hydrogen-bond acceptors (Lipinski definition) is 5. The number of piperazine rings is 1. The van der Waals surface area contributed by atoms with E-state index in [4.69, 9.17) is 0 Å². The average molecular weight is 339 g/mol. The van der Waals surface area contributed by atoms with E-state index in [2.05, 4.69) is 26.8 Å². The van der Waals surface area contributed by atoms with E-state index in [0.29, 0.717) is 18.2 Å². The van der Waals surface area contributed by atoms with Crippen molar-refractivity contribution < 1.29 is 4.79 Å². The van der Waals surface area contributed by atoms with Crippen LogP contribution in [0.5, 0.6) is 0 Å². The van der Waals surface area contributed by atoms with E-state index in [-0.39, 0.29) is 5.91 Å². The maximum absolute atomic E-state index is 13.0. The molecule has 6 nitrogen and oxygen atoms in total. The third-order valence-electron chi connectivity index (χ3n) is 4.52.